The molecule has 0 radical (unpaired) electrons. The number of carbonyl (C=O) groups excluding carboxylic acids is 1. The Bertz CT molecular complexity index is 631. The Kier molecular flexibility index (Phi) is 4.22. The van der Waals surface area contributed by atoms with Gasteiger partial charge in [0.05, 0.1) is 19.2 Å². The standard InChI is InChI=1S/C16H18N2O2S/c1-20-14-11-17-8-2-4-13(17)10-18(12-14)16(19)7-6-15-5-3-9-21-15/h2-9,14H,10-12H2,1H3/b7-6+/t14-/m0/s1. The van der Waals surface area contributed by atoms with Crippen molar-refractivity contribution in [1.29, 1.82) is 0 Å². The molecule has 1 amide bonds. The SMILES string of the molecule is CO[C@@H]1CN(C(=O)/C=C/c2cccs2)Cc2cccn2C1. The van der Waals surface area contributed by atoms with E-state index in [2.05, 4.69) is 10.6 Å². The summed E-state index contributed by atoms with van der Waals surface area (Å²) in [6.45, 7) is 2.03. The zero-order valence-electron chi connectivity index (χ0n) is 11.9. The van der Waals surface area contributed by atoms with Crippen LogP contribution >= 0.6 is 11.3 Å². The molecular formula is C16H18N2O2S. The van der Waals surface area contributed by atoms with E-state index in [-0.39, 0.29) is 12.0 Å². The van der Waals surface area contributed by atoms with Crippen LogP contribution in [-0.4, -0.2) is 35.1 Å². The number of ether oxygens (including phenoxy) is 1. The molecule has 4 nitrogen and oxygen atoms in total. The Hall–Kier alpha value is -1.85. The monoisotopic (exact) mass is 302 g/mol. The van der Waals surface area contributed by atoms with Gasteiger partial charge in [0.1, 0.15) is 0 Å². The molecule has 1 atom stereocenters. The van der Waals surface area contributed by atoms with Crippen LogP contribution in [-0.2, 0) is 22.6 Å². The fraction of sp³-hybridized carbons (Fsp3) is 0.312. The van der Waals surface area contributed by atoms with E-state index in [1.54, 1.807) is 24.5 Å². The van der Waals surface area contributed by atoms with Crippen LogP contribution < -0.4 is 0 Å². The number of nitrogens with zero attached hydrogens (tertiary/aromatic N) is 2. The predicted octanol–water partition coefficient (Wildman–Crippen LogP) is 2.62. The van der Waals surface area contributed by atoms with Gasteiger partial charge in [-0.2, -0.15) is 0 Å². The van der Waals surface area contributed by atoms with Gasteiger partial charge >= 0.3 is 0 Å². The Morgan fingerprint density at radius 1 is 1.38 bits per heavy atom. The maximum absolute atomic E-state index is 12.4. The van der Waals surface area contributed by atoms with Gasteiger partial charge < -0.3 is 14.2 Å². The molecule has 1 aliphatic heterocycles. The van der Waals surface area contributed by atoms with Crippen molar-refractivity contribution in [3.05, 3.63) is 52.5 Å². The van der Waals surface area contributed by atoms with Crippen LogP contribution in [0.3, 0.4) is 0 Å². The lowest BCUT2D eigenvalue weighted by molar-refractivity contribution is -0.128. The van der Waals surface area contributed by atoms with Crippen LogP contribution in [0.25, 0.3) is 6.08 Å². The molecule has 0 unspecified atom stereocenters. The molecular weight excluding hydrogens is 284 g/mol. The number of methoxy groups -OCH3 is 1. The summed E-state index contributed by atoms with van der Waals surface area (Å²) in [5, 5.41) is 2.00. The van der Waals surface area contributed by atoms with E-state index in [1.165, 1.54) is 0 Å². The van der Waals surface area contributed by atoms with Crippen molar-refractivity contribution in [2.75, 3.05) is 13.7 Å². The first kappa shape index (κ1) is 14.1. The molecule has 0 N–H and O–H groups in total. The third-order valence-electron chi connectivity index (χ3n) is 3.68. The summed E-state index contributed by atoms with van der Waals surface area (Å²) in [5.74, 6) is 0.0279. The minimum Gasteiger partial charge on any atom is -0.378 e. The quantitative estimate of drug-likeness (QED) is 0.817. The number of carbonyl (C=O) groups is 1. The molecule has 0 bridgehead atoms. The highest BCUT2D eigenvalue weighted by Crippen LogP contribution is 2.16. The summed E-state index contributed by atoms with van der Waals surface area (Å²) in [7, 11) is 1.70. The van der Waals surface area contributed by atoms with Gasteiger partial charge in [-0.05, 0) is 29.7 Å². The van der Waals surface area contributed by atoms with E-state index < -0.39 is 0 Å². The van der Waals surface area contributed by atoms with Crippen LogP contribution in [0.2, 0.25) is 0 Å². The maximum atomic E-state index is 12.4. The second-order valence-corrected chi connectivity index (χ2v) is 6.06. The molecule has 21 heavy (non-hydrogen) atoms. The number of hydrogen-bond acceptors (Lipinski definition) is 3. The third-order valence-corrected chi connectivity index (χ3v) is 4.52. The first-order valence-electron chi connectivity index (χ1n) is 6.93. The predicted molar refractivity (Wildman–Crippen MR) is 84.0 cm³/mol. The summed E-state index contributed by atoms with van der Waals surface area (Å²) in [4.78, 5) is 15.4. The lowest BCUT2D eigenvalue weighted by Crippen LogP contribution is -2.35. The van der Waals surface area contributed by atoms with Gasteiger partial charge in [0.15, 0.2) is 0 Å². The third kappa shape index (κ3) is 3.25. The fourth-order valence-corrected chi connectivity index (χ4v) is 3.13. The van der Waals surface area contributed by atoms with Crippen molar-refractivity contribution < 1.29 is 9.53 Å². The fourth-order valence-electron chi connectivity index (χ4n) is 2.52. The van der Waals surface area contributed by atoms with Gasteiger partial charge in [0, 0.05) is 36.5 Å². The Balaban J connectivity index is 1.76. The summed E-state index contributed by atoms with van der Waals surface area (Å²) >= 11 is 1.62. The van der Waals surface area contributed by atoms with Crippen LogP contribution in [0, 0.1) is 0 Å². The van der Waals surface area contributed by atoms with Crippen LogP contribution in [0.5, 0.6) is 0 Å². The number of rotatable bonds is 3. The van der Waals surface area contributed by atoms with Gasteiger partial charge in [0.25, 0.3) is 0 Å². The van der Waals surface area contributed by atoms with Gasteiger partial charge in [-0.25, -0.2) is 0 Å². The number of aromatic nitrogens is 1. The Labute approximate surface area is 128 Å². The Morgan fingerprint density at radius 2 is 2.29 bits per heavy atom. The minimum atomic E-state index is 0.0257. The molecule has 0 saturated heterocycles. The first-order valence-corrected chi connectivity index (χ1v) is 7.81. The molecule has 0 saturated carbocycles. The van der Waals surface area contributed by atoms with E-state index >= 15 is 0 Å². The molecule has 2 aromatic heterocycles. The molecule has 0 fully saturated rings. The van der Waals surface area contributed by atoms with Gasteiger partial charge in [0.2, 0.25) is 5.91 Å². The topological polar surface area (TPSA) is 34.5 Å². The van der Waals surface area contributed by atoms with E-state index in [0.717, 1.165) is 17.1 Å². The number of fused-ring (bicyclic) bond motifs is 1. The molecule has 5 heteroatoms. The average molecular weight is 302 g/mol. The van der Waals surface area contributed by atoms with E-state index in [9.17, 15) is 4.79 Å². The smallest absolute Gasteiger partial charge is 0.247 e. The van der Waals surface area contributed by atoms with E-state index in [0.29, 0.717) is 13.1 Å². The molecule has 0 spiro atoms. The summed E-state index contributed by atoms with van der Waals surface area (Å²) in [6.07, 6.45) is 5.59. The second kappa shape index (κ2) is 6.28. The van der Waals surface area contributed by atoms with Crippen LogP contribution in [0.1, 0.15) is 10.6 Å². The van der Waals surface area contributed by atoms with Crippen molar-refractivity contribution in [3.8, 4) is 0 Å². The van der Waals surface area contributed by atoms with Crippen molar-refractivity contribution in [1.82, 2.24) is 9.47 Å². The number of amides is 1. The van der Waals surface area contributed by atoms with Crippen LogP contribution in [0.15, 0.2) is 41.9 Å². The molecule has 0 aromatic carbocycles. The number of thiophene rings is 1. The zero-order valence-corrected chi connectivity index (χ0v) is 12.8. The maximum Gasteiger partial charge on any atom is 0.247 e. The molecule has 0 aliphatic carbocycles. The second-order valence-electron chi connectivity index (χ2n) is 5.08. The summed E-state index contributed by atoms with van der Waals surface area (Å²) < 4.78 is 7.65. The lowest BCUT2D eigenvalue weighted by Gasteiger charge is -2.22. The van der Waals surface area contributed by atoms with Crippen molar-refractivity contribution in [2.45, 2.75) is 19.2 Å². The number of hydrogen-bond donors (Lipinski definition) is 0. The zero-order chi connectivity index (χ0) is 14.7. The van der Waals surface area contributed by atoms with E-state index in [1.807, 2.05) is 40.8 Å². The highest BCUT2D eigenvalue weighted by Gasteiger charge is 2.23. The van der Waals surface area contributed by atoms with Crippen LogP contribution in [0.4, 0.5) is 0 Å². The first-order chi connectivity index (χ1) is 10.3. The molecule has 110 valence electrons. The largest absolute Gasteiger partial charge is 0.378 e. The van der Waals surface area contributed by atoms with Gasteiger partial charge in [-0.3, -0.25) is 4.79 Å². The normalized spacial score (nSPS) is 18.7. The van der Waals surface area contributed by atoms with Gasteiger partial charge in [-0.1, -0.05) is 6.07 Å². The molecule has 2 aromatic rings. The van der Waals surface area contributed by atoms with Crippen molar-refractivity contribution >= 4 is 23.3 Å². The highest BCUT2D eigenvalue weighted by molar-refractivity contribution is 7.10. The molecule has 1 aliphatic rings. The molecule has 3 rings (SSSR count). The average Bonchev–Trinajstić information content (AvgIpc) is 3.12. The Morgan fingerprint density at radius 3 is 3.05 bits per heavy atom. The summed E-state index contributed by atoms with van der Waals surface area (Å²) in [5.41, 5.74) is 1.15. The van der Waals surface area contributed by atoms with Crippen molar-refractivity contribution in [3.63, 3.8) is 0 Å². The van der Waals surface area contributed by atoms with Gasteiger partial charge in [-0.15, -0.1) is 11.3 Å². The highest BCUT2D eigenvalue weighted by atomic mass is 32.1. The molecule has 3 heterocycles. The van der Waals surface area contributed by atoms with Crippen molar-refractivity contribution in [2.24, 2.45) is 0 Å². The summed E-state index contributed by atoms with van der Waals surface area (Å²) in [6, 6.07) is 8.05. The lowest BCUT2D eigenvalue weighted by atomic mass is 10.3. The van der Waals surface area contributed by atoms with E-state index in [4.69, 9.17) is 4.74 Å². The minimum absolute atomic E-state index is 0.0257.